The van der Waals surface area contributed by atoms with Crippen LogP contribution in [0.25, 0.3) is 11.2 Å². The lowest BCUT2D eigenvalue weighted by molar-refractivity contribution is -0.0503. The fraction of sp³-hybridized carbons (Fsp3) is 0.583. The second-order valence-corrected chi connectivity index (χ2v) is 11.1. The van der Waals surface area contributed by atoms with Crippen molar-refractivity contribution in [1.82, 2.24) is 19.5 Å². The summed E-state index contributed by atoms with van der Waals surface area (Å²) in [7, 11) is -16.7. The second-order valence-electron chi connectivity index (χ2n) is 6.72. The standard InChI is InChI=1S/C12H21N6O13P3/c1-2-14-12-16-9(13)6-10(17-12)18(4-15-6)11-8(20)7(19)5(29-11)3-28-33(24,25)31-34(26,27)30-32(21,22)23/h4-5,7-8,11,19-20H,2-3H2,1H3,(H,24,25)(H,26,27)(H2,21,22,23)(H3,13,14,16,17)/t5-,7-,8-,11-/m1/s1. The lowest BCUT2D eigenvalue weighted by Crippen LogP contribution is -2.33. The van der Waals surface area contributed by atoms with Gasteiger partial charge in [-0.2, -0.15) is 18.6 Å². The second kappa shape index (κ2) is 9.83. The maximum absolute atomic E-state index is 11.9. The average molecular weight is 550 g/mol. The molecule has 0 radical (unpaired) electrons. The van der Waals surface area contributed by atoms with Crippen LogP contribution in [0, 0.1) is 0 Å². The summed E-state index contributed by atoms with van der Waals surface area (Å²) in [6.07, 6.45) is -4.91. The molecule has 0 aliphatic carbocycles. The summed E-state index contributed by atoms with van der Waals surface area (Å²) in [6.45, 7) is 1.30. The molecule has 0 bridgehead atoms. The number of ether oxygens (including phenoxy) is 1. The number of aromatic nitrogens is 4. The highest BCUT2D eigenvalue weighted by atomic mass is 31.3. The van der Waals surface area contributed by atoms with Gasteiger partial charge in [-0.05, 0) is 6.92 Å². The van der Waals surface area contributed by atoms with Crippen LogP contribution in [0.3, 0.4) is 0 Å². The fourth-order valence-corrected chi connectivity index (χ4v) is 5.96. The van der Waals surface area contributed by atoms with E-state index in [4.69, 9.17) is 20.3 Å². The first kappa shape index (κ1) is 27.0. The van der Waals surface area contributed by atoms with Crippen molar-refractivity contribution >= 4 is 46.4 Å². The third-order valence-corrected chi connectivity index (χ3v) is 8.02. The largest absolute Gasteiger partial charge is 0.490 e. The van der Waals surface area contributed by atoms with Crippen LogP contribution in [0.4, 0.5) is 11.8 Å². The lowest BCUT2D eigenvalue weighted by atomic mass is 10.1. The Morgan fingerprint density at radius 2 is 1.79 bits per heavy atom. The van der Waals surface area contributed by atoms with Crippen LogP contribution in [-0.4, -0.2) is 80.8 Å². The van der Waals surface area contributed by atoms with Crippen molar-refractivity contribution in [2.24, 2.45) is 0 Å². The zero-order chi connectivity index (χ0) is 25.5. The van der Waals surface area contributed by atoms with Gasteiger partial charge in [-0.25, -0.2) is 18.7 Å². The van der Waals surface area contributed by atoms with Crippen LogP contribution in [-0.2, 0) is 31.6 Å². The van der Waals surface area contributed by atoms with E-state index in [9.17, 15) is 33.7 Å². The molecule has 19 nitrogen and oxygen atoms in total. The van der Waals surface area contributed by atoms with Crippen molar-refractivity contribution in [2.45, 2.75) is 31.5 Å². The number of aliphatic hydroxyl groups excluding tert-OH is 2. The molecule has 22 heteroatoms. The van der Waals surface area contributed by atoms with Gasteiger partial charge in [-0.15, -0.1) is 0 Å². The molecule has 3 heterocycles. The maximum atomic E-state index is 11.9. The molecule has 0 spiro atoms. The van der Waals surface area contributed by atoms with E-state index >= 15 is 0 Å². The van der Waals surface area contributed by atoms with Crippen molar-refractivity contribution in [3.05, 3.63) is 6.33 Å². The molecule has 1 fully saturated rings. The summed E-state index contributed by atoms with van der Waals surface area (Å²) in [6, 6.07) is 0. The minimum Gasteiger partial charge on any atom is -0.387 e. The molecule has 6 atom stereocenters. The quantitative estimate of drug-likeness (QED) is 0.161. The Morgan fingerprint density at radius 1 is 1.12 bits per heavy atom. The minimum absolute atomic E-state index is 0.0249. The molecule has 2 aromatic rings. The van der Waals surface area contributed by atoms with Gasteiger partial charge in [-0.1, -0.05) is 0 Å². The highest BCUT2D eigenvalue weighted by Crippen LogP contribution is 2.66. The Labute approximate surface area is 189 Å². The van der Waals surface area contributed by atoms with Gasteiger partial charge in [-0.3, -0.25) is 9.09 Å². The van der Waals surface area contributed by atoms with E-state index in [0.717, 1.165) is 0 Å². The third kappa shape index (κ3) is 6.35. The number of fused-ring (bicyclic) bond motifs is 1. The van der Waals surface area contributed by atoms with Gasteiger partial charge in [0.05, 0.1) is 12.9 Å². The molecule has 2 aromatic heterocycles. The predicted octanol–water partition coefficient (Wildman–Crippen LogP) is -1.20. The Morgan fingerprint density at radius 3 is 2.41 bits per heavy atom. The molecule has 1 saturated heterocycles. The van der Waals surface area contributed by atoms with Crippen LogP contribution >= 0.6 is 23.5 Å². The van der Waals surface area contributed by atoms with Crippen molar-refractivity contribution in [1.29, 1.82) is 0 Å². The number of nitrogens with two attached hydrogens (primary N) is 1. The average Bonchev–Trinajstić information content (AvgIpc) is 3.20. The van der Waals surface area contributed by atoms with E-state index in [2.05, 4.69) is 33.4 Å². The SMILES string of the molecule is CCNc1nc(N)c2ncn([C@@H]3O[C@H](COP(=O)(O)OP(=O)(O)OP(=O)(O)O)[C@@H](O)[C@H]3O)c2n1. The zero-order valence-electron chi connectivity index (χ0n) is 17.0. The van der Waals surface area contributed by atoms with E-state index in [0.29, 0.717) is 6.54 Å². The molecule has 1 aliphatic rings. The number of nitrogens with zero attached hydrogens (tertiary/aromatic N) is 4. The fourth-order valence-electron chi connectivity index (χ4n) is 2.93. The van der Waals surface area contributed by atoms with Crippen LogP contribution in [0.1, 0.15) is 13.2 Å². The van der Waals surface area contributed by atoms with Gasteiger partial charge < -0.3 is 45.6 Å². The summed E-state index contributed by atoms with van der Waals surface area (Å²) in [5.74, 6) is 0.184. The topological polar surface area (TPSA) is 291 Å². The van der Waals surface area contributed by atoms with Gasteiger partial charge in [0.2, 0.25) is 5.95 Å². The molecule has 9 N–H and O–H groups in total. The smallest absolute Gasteiger partial charge is 0.387 e. The van der Waals surface area contributed by atoms with E-state index in [1.807, 2.05) is 0 Å². The molecule has 2 unspecified atom stereocenters. The Bertz CT molecular complexity index is 1190. The number of hydrogen-bond acceptors (Lipinski definition) is 14. The van der Waals surface area contributed by atoms with Crippen LogP contribution in [0.5, 0.6) is 0 Å². The van der Waals surface area contributed by atoms with Gasteiger partial charge in [0.15, 0.2) is 17.7 Å². The number of nitrogen functional groups attached to an aromatic ring is 1. The normalized spacial score (nSPS) is 26.9. The summed E-state index contributed by atoms with van der Waals surface area (Å²) >= 11 is 0. The number of aliphatic hydroxyl groups is 2. The molecule has 3 rings (SSSR count). The number of anilines is 2. The maximum Gasteiger partial charge on any atom is 0.490 e. The number of rotatable bonds is 10. The Balaban J connectivity index is 1.74. The van der Waals surface area contributed by atoms with Gasteiger partial charge in [0, 0.05) is 6.54 Å². The van der Waals surface area contributed by atoms with Gasteiger partial charge in [0.25, 0.3) is 0 Å². The Kier molecular flexibility index (Phi) is 7.82. The van der Waals surface area contributed by atoms with Crippen molar-refractivity contribution < 1.29 is 61.4 Å². The van der Waals surface area contributed by atoms with E-state index in [1.54, 1.807) is 6.92 Å². The number of phosphoric ester groups is 1. The van der Waals surface area contributed by atoms with Crippen molar-refractivity contribution in [2.75, 3.05) is 24.2 Å². The lowest BCUT2D eigenvalue weighted by Gasteiger charge is -2.19. The van der Waals surface area contributed by atoms with Crippen molar-refractivity contribution in [3.63, 3.8) is 0 Å². The third-order valence-electron chi connectivity index (χ3n) is 4.21. The molecule has 192 valence electrons. The van der Waals surface area contributed by atoms with Gasteiger partial charge >= 0.3 is 23.5 Å². The first-order valence-corrected chi connectivity index (χ1v) is 13.7. The molecule has 34 heavy (non-hydrogen) atoms. The molecular formula is C12H21N6O13P3. The van der Waals surface area contributed by atoms with E-state index < -0.39 is 54.6 Å². The van der Waals surface area contributed by atoms with E-state index in [-0.39, 0.29) is 22.9 Å². The highest BCUT2D eigenvalue weighted by Gasteiger charge is 2.47. The molecule has 1 aliphatic heterocycles. The monoisotopic (exact) mass is 550 g/mol. The zero-order valence-corrected chi connectivity index (χ0v) is 19.7. The molecule has 0 aromatic carbocycles. The predicted molar refractivity (Wildman–Crippen MR) is 110 cm³/mol. The number of hydrogen-bond donors (Lipinski definition) is 8. The molecule has 0 amide bonds. The first-order chi connectivity index (χ1) is 15.6. The summed E-state index contributed by atoms with van der Waals surface area (Å²) in [4.78, 5) is 48.1. The van der Waals surface area contributed by atoms with Crippen LogP contribution < -0.4 is 11.1 Å². The molecular weight excluding hydrogens is 529 g/mol. The number of phosphoric acid groups is 3. The van der Waals surface area contributed by atoms with Gasteiger partial charge in [0.1, 0.15) is 23.8 Å². The van der Waals surface area contributed by atoms with Crippen LogP contribution in [0.2, 0.25) is 0 Å². The Hall–Kier alpha value is -1.56. The van der Waals surface area contributed by atoms with Crippen LogP contribution in [0.15, 0.2) is 6.33 Å². The first-order valence-electron chi connectivity index (χ1n) is 9.16. The summed E-state index contributed by atoms with van der Waals surface area (Å²) in [5, 5.41) is 23.5. The summed E-state index contributed by atoms with van der Waals surface area (Å²) < 4.78 is 52.3. The van der Waals surface area contributed by atoms with E-state index in [1.165, 1.54) is 10.9 Å². The minimum atomic E-state index is -5.72. The highest BCUT2D eigenvalue weighted by molar-refractivity contribution is 7.66. The molecule has 0 saturated carbocycles. The number of imidazole rings is 1. The number of nitrogens with one attached hydrogen (secondary N) is 1. The van der Waals surface area contributed by atoms with Crippen molar-refractivity contribution in [3.8, 4) is 0 Å². The summed E-state index contributed by atoms with van der Waals surface area (Å²) in [5.41, 5.74) is 6.16.